The molecule has 0 aliphatic heterocycles. The standard InChI is InChI=1S/C25H25N3O3S/c1-27-24-20(23(30)28(25(27)31)17-19-13-6-3-7-14-19)16-21(32-24)22(29)26-15-9-8-12-18-10-4-2-5-11-18/h2-7,10-11,13-14,16H,8-9,12,15,17H2,1H3,(H,26,29). The van der Waals surface area contributed by atoms with E-state index in [2.05, 4.69) is 17.4 Å². The van der Waals surface area contributed by atoms with Gasteiger partial charge in [0, 0.05) is 13.6 Å². The SMILES string of the molecule is Cn1c(=O)n(Cc2ccccc2)c(=O)c2cc(C(=O)NCCCCc3ccccc3)sc21. The minimum absolute atomic E-state index is 0.196. The van der Waals surface area contributed by atoms with Crippen molar-refractivity contribution in [2.24, 2.45) is 7.05 Å². The molecule has 4 aromatic rings. The predicted molar refractivity (Wildman–Crippen MR) is 129 cm³/mol. The van der Waals surface area contributed by atoms with Gasteiger partial charge in [-0.2, -0.15) is 0 Å². The second kappa shape index (κ2) is 9.78. The number of hydrogen-bond acceptors (Lipinski definition) is 4. The Bertz CT molecular complexity index is 1340. The Labute approximate surface area is 189 Å². The number of benzene rings is 2. The quantitative estimate of drug-likeness (QED) is 0.420. The second-order valence-corrected chi connectivity index (χ2v) is 8.78. The molecule has 7 heteroatoms. The lowest BCUT2D eigenvalue weighted by atomic mass is 10.1. The van der Waals surface area contributed by atoms with Crippen LogP contribution in [0, 0.1) is 0 Å². The lowest BCUT2D eigenvalue weighted by Gasteiger charge is -2.08. The molecule has 2 heterocycles. The number of nitrogens with zero attached hydrogens (tertiary/aromatic N) is 2. The van der Waals surface area contributed by atoms with Gasteiger partial charge in [-0.15, -0.1) is 11.3 Å². The molecule has 0 atom stereocenters. The van der Waals surface area contributed by atoms with Crippen LogP contribution in [-0.4, -0.2) is 21.6 Å². The van der Waals surface area contributed by atoms with Crippen LogP contribution >= 0.6 is 11.3 Å². The van der Waals surface area contributed by atoms with Crippen LogP contribution in [-0.2, 0) is 20.0 Å². The fourth-order valence-corrected chi connectivity index (χ4v) is 4.71. The van der Waals surface area contributed by atoms with E-state index in [4.69, 9.17) is 0 Å². The number of thiophene rings is 1. The monoisotopic (exact) mass is 447 g/mol. The van der Waals surface area contributed by atoms with Crippen molar-refractivity contribution in [3.63, 3.8) is 0 Å². The van der Waals surface area contributed by atoms with Gasteiger partial charge < -0.3 is 5.32 Å². The molecule has 32 heavy (non-hydrogen) atoms. The van der Waals surface area contributed by atoms with E-state index in [1.807, 2.05) is 48.5 Å². The van der Waals surface area contributed by atoms with Gasteiger partial charge >= 0.3 is 5.69 Å². The average molecular weight is 448 g/mol. The van der Waals surface area contributed by atoms with Gasteiger partial charge in [0.05, 0.1) is 16.8 Å². The Balaban J connectivity index is 1.46. The summed E-state index contributed by atoms with van der Waals surface area (Å²) >= 11 is 1.17. The molecule has 0 aliphatic carbocycles. The maximum atomic E-state index is 13.0. The van der Waals surface area contributed by atoms with E-state index in [1.165, 1.54) is 26.0 Å². The largest absolute Gasteiger partial charge is 0.351 e. The minimum Gasteiger partial charge on any atom is -0.351 e. The van der Waals surface area contributed by atoms with Crippen molar-refractivity contribution in [2.75, 3.05) is 6.54 Å². The molecule has 0 unspecified atom stereocenters. The van der Waals surface area contributed by atoms with Gasteiger partial charge in [-0.05, 0) is 36.5 Å². The van der Waals surface area contributed by atoms with Crippen LogP contribution in [0.1, 0.15) is 33.6 Å². The van der Waals surface area contributed by atoms with E-state index >= 15 is 0 Å². The second-order valence-electron chi connectivity index (χ2n) is 7.75. The van der Waals surface area contributed by atoms with E-state index in [9.17, 15) is 14.4 Å². The lowest BCUT2D eigenvalue weighted by Crippen LogP contribution is -2.38. The zero-order valence-corrected chi connectivity index (χ0v) is 18.7. The Kier molecular flexibility index (Phi) is 6.66. The fraction of sp³-hybridized carbons (Fsp3) is 0.240. The van der Waals surface area contributed by atoms with Crippen LogP contribution in [0.25, 0.3) is 10.2 Å². The number of amides is 1. The topological polar surface area (TPSA) is 73.1 Å². The first-order valence-electron chi connectivity index (χ1n) is 10.6. The number of aromatic nitrogens is 2. The zero-order valence-electron chi connectivity index (χ0n) is 17.9. The molecule has 1 amide bonds. The first-order valence-corrected chi connectivity index (χ1v) is 11.5. The van der Waals surface area contributed by atoms with Gasteiger partial charge in [-0.1, -0.05) is 60.7 Å². The van der Waals surface area contributed by atoms with Gasteiger partial charge in [0.2, 0.25) is 0 Å². The molecule has 0 spiro atoms. The minimum atomic E-state index is -0.388. The number of carbonyl (C=O) groups excluding carboxylic acids is 1. The Hall–Kier alpha value is -3.45. The van der Waals surface area contributed by atoms with Gasteiger partial charge in [0.15, 0.2) is 0 Å². The van der Waals surface area contributed by atoms with Crippen LogP contribution in [0.2, 0.25) is 0 Å². The third-order valence-corrected chi connectivity index (χ3v) is 6.65. The number of aryl methyl sites for hydroxylation is 2. The van der Waals surface area contributed by atoms with Crippen molar-refractivity contribution >= 4 is 27.5 Å². The van der Waals surface area contributed by atoms with Gasteiger partial charge in [0.25, 0.3) is 11.5 Å². The highest BCUT2D eigenvalue weighted by molar-refractivity contribution is 7.20. The van der Waals surface area contributed by atoms with Gasteiger partial charge in [-0.3, -0.25) is 18.7 Å². The summed E-state index contributed by atoms with van der Waals surface area (Å²) in [5.74, 6) is -0.215. The highest BCUT2D eigenvalue weighted by Gasteiger charge is 2.17. The lowest BCUT2D eigenvalue weighted by molar-refractivity contribution is 0.0957. The highest BCUT2D eigenvalue weighted by Crippen LogP contribution is 2.21. The molecule has 0 aliphatic rings. The Morgan fingerprint density at radius 2 is 1.59 bits per heavy atom. The molecule has 0 saturated carbocycles. The number of fused-ring (bicyclic) bond motifs is 1. The molecular weight excluding hydrogens is 422 g/mol. The average Bonchev–Trinajstić information content (AvgIpc) is 3.28. The summed E-state index contributed by atoms with van der Waals surface area (Å²) in [6.45, 7) is 0.762. The maximum Gasteiger partial charge on any atom is 0.332 e. The van der Waals surface area contributed by atoms with E-state index in [0.29, 0.717) is 21.6 Å². The summed E-state index contributed by atoms with van der Waals surface area (Å²) in [6, 6.07) is 21.2. The summed E-state index contributed by atoms with van der Waals surface area (Å²) in [7, 11) is 1.63. The molecule has 0 saturated heterocycles. The van der Waals surface area contributed by atoms with Crippen molar-refractivity contribution in [3.05, 3.63) is 104 Å². The van der Waals surface area contributed by atoms with Crippen LogP contribution < -0.4 is 16.6 Å². The van der Waals surface area contributed by atoms with Crippen molar-refractivity contribution in [3.8, 4) is 0 Å². The zero-order chi connectivity index (χ0) is 22.5. The highest BCUT2D eigenvalue weighted by atomic mass is 32.1. The molecule has 164 valence electrons. The third-order valence-electron chi connectivity index (χ3n) is 5.44. The number of nitrogens with one attached hydrogen (secondary N) is 1. The summed E-state index contributed by atoms with van der Waals surface area (Å²) in [4.78, 5) is 39.4. The van der Waals surface area contributed by atoms with E-state index in [0.717, 1.165) is 24.8 Å². The fourth-order valence-electron chi connectivity index (χ4n) is 3.69. The van der Waals surface area contributed by atoms with Crippen molar-refractivity contribution in [1.82, 2.24) is 14.5 Å². The molecule has 2 aromatic heterocycles. The van der Waals surface area contributed by atoms with Crippen LogP contribution in [0.5, 0.6) is 0 Å². The molecule has 1 N–H and O–H groups in total. The van der Waals surface area contributed by atoms with Crippen molar-refractivity contribution < 1.29 is 4.79 Å². The van der Waals surface area contributed by atoms with Gasteiger partial charge in [-0.25, -0.2) is 4.79 Å². The number of rotatable bonds is 8. The number of carbonyl (C=O) groups is 1. The third kappa shape index (κ3) is 4.73. The molecule has 0 fully saturated rings. The molecule has 6 nitrogen and oxygen atoms in total. The van der Waals surface area contributed by atoms with Crippen LogP contribution in [0.15, 0.2) is 76.3 Å². The normalized spacial score (nSPS) is 11.0. The van der Waals surface area contributed by atoms with Crippen LogP contribution in [0.4, 0.5) is 0 Å². The smallest absolute Gasteiger partial charge is 0.332 e. The van der Waals surface area contributed by atoms with E-state index < -0.39 is 0 Å². The maximum absolute atomic E-state index is 13.0. The van der Waals surface area contributed by atoms with Crippen LogP contribution in [0.3, 0.4) is 0 Å². The van der Waals surface area contributed by atoms with Gasteiger partial charge in [0.1, 0.15) is 4.83 Å². The summed E-state index contributed by atoms with van der Waals surface area (Å²) in [5, 5.41) is 3.32. The number of hydrogen-bond donors (Lipinski definition) is 1. The predicted octanol–water partition coefficient (Wildman–Crippen LogP) is 3.56. The molecule has 0 bridgehead atoms. The first kappa shape index (κ1) is 21.8. The summed E-state index contributed by atoms with van der Waals surface area (Å²) < 4.78 is 2.66. The molecule has 4 rings (SSSR count). The van der Waals surface area contributed by atoms with E-state index in [-0.39, 0.29) is 23.7 Å². The summed E-state index contributed by atoms with van der Waals surface area (Å²) in [6.07, 6.45) is 2.83. The number of unbranched alkanes of at least 4 members (excludes halogenated alkanes) is 1. The Morgan fingerprint density at radius 1 is 0.938 bits per heavy atom. The molecule has 0 radical (unpaired) electrons. The van der Waals surface area contributed by atoms with Crippen molar-refractivity contribution in [2.45, 2.75) is 25.8 Å². The molecule has 2 aromatic carbocycles. The summed E-state index contributed by atoms with van der Waals surface area (Å²) in [5.41, 5.74) is 1.40. The first-order chi connectivity index (χ1) is 15.5. The van der Waals surface area contributed by atoms with Crippen molar-refractivity contribution in [1.29, 1.82) is 0 Å². The molecular formula is C25H25N3O3S. The Morgan fingerprint density at radius 3 is 2.28 bits per heavy atom. The van der Waals surface area contributed by atoms with E-state index in [1.54, 1.807) is 13.1 Å².